The molecule has 1 aromatic rings. The van der Waals surface area contributed by atoms with Gasteiger partial charge in [-0.2, -0.15) is 26.3 Å². The van der Waals surface area contributed by atoms with E-state index in [4.69, 9.17) is 14.3 Å². The SMILES string of the molecule is O=S(=O)(N1CCC(Oc2cc(C3=CC4(CCOC4)ON3)ccc2OC(F)F)CC1)C(F)(F)F. The molecule has 1 aromatic carbocycles. The van der Waals surface area contributed by atoms with E-state index in [0.29, 0.717) is 35.2 Å². The van der Waals surface area contributed by atoms with Crippen molar-refractivity contribution in [1.82, 2.24) is 9.79 Å². The van der Waals surface area contributed by atoms with Gasteiger partial charge in [-0.15, -0.1) is 0 Å². The van der Waals surface area contributed by atoms with Gasteiger partial charge in [0.1, 0.15) is 11.7 Å². The third kappa shape index (κ3) is 5.03. The number of hydrogen-bond acceptors (Lipinski definition) is 7. The first-order valence-electron chi connectivity index (χ1n) is 10.1. The van der Waals surface area contributed by atoms with Gasteiger partial charge >= 0.3 is 22.1 Å². The summed E-state index contributed by atoms with van der Waals surface area (Å²) in [6.45, 7) is -3.06. The summed E-state index contributed by atoms with van der Waals surface area (Å²) in [5.41, 5.74) is -2.10. The van der Waals surface area contributed by atoms with Gasteiger partial charge in [-0.3, -0.25) is 10.3 Å². The van der Waals surface area contributed by atoms with Gasteiger partial charge in [-0.1, -0.05) is 0 Å². The predicted molar refractivity (Wildman–Crippen MR) is 104 cm³/mol. The lowest BCUT2D eigenvalue weighted by molar-refractivity contribution is -0.0528. The van der Waals surface area contributed by atoms with E-state index in [1.807, 2.05) is 6.08 Å². The summed E-state index contributed by atoms with van der Waals surface area (Å²) in [5, 5.41) is 0. The summed E-state index contributed by atoms with van der Waals surface area (Å²) in [5.74, 6) is -0.297. The van der Waals surface area contributed by atoms with E-state index in [1.165, 1.54) is 18.2 Å². The Morgan fingerprint density at radius 2 is 1.91 bits per heavy atom. The fraction of sp³-hybridized carbons (Fsp3) is 0.579. The van der Waals surface area contributed by atoms with Gasteiger partial charge in [0.15, 0.2) is 11.5 Å². The van der Waals surface area contributed by atoms with E-state index >= 15 is 0 Å². The first-order valence-corrected chi connectivity index (χ1v) is 11.5. The van der Waals surface area contributed by atoms with Crippen LogP contribution < -0.4 is 15.0 Å². The molecule has 0 aromatic heterocycles. The maximum Gasteiger partial charge on any atom is 0.511 e. The Bertz CT molecular complexity index is 1000. The number of nitrogens with zero attached hydrogens (tertiary/aromatic N) is 1. The highest BCUT2D eigenvalue weighted by Crippen LogP contribution is 2.38. The molecule has 4 rings (SSSR count). The number of ether oxygens (including phenoxy) is 3. The molecule has 3 heterocycles. The zero-order valence-corrected chi connectivity index (χ0v) is 17.9. The van der Waals surface area contributed by atoms with Crippen molar-refractivity contribution in [3.63, 3.8) is 0 Å². The maximum absolute atomic E-state index is 12.9. The molecule has 2 saturated heterocycles. The molecule has 0 bridgehead atoms. The molecule has 0 aliphatic carbocycles. The summed E-state index contributed by atoms with van der Waals surface area (Å²) in [6.07, 6.45) is 1.65. The van der Waals surface area contributed by atoms with Gasteiger partial charge in [0, 0.05) is 31.7 Å². The highest BCUT2D eigenvalue weighted by molar-refractivity contribution is 7.90. The lowest BCUT2D eigenvalue weighted by Crippen LogP contribution is -2.46. The monoisotopic (exact) mass is 500 g/mol. The van der Waals surface area contributed by atoms with Crippen LogP contribution in [0.1, 0.15) is 24.8 Å². The maximum atomic E-state index is 12.9. The topological polar surface area (TPSA) is 86.3 Å². The second kappa shape index (κ2) is 8.89. The van der Waals surface area contributed by atoms with Crippen molar-refractivity contribution in [3.05, 3.63) is 29.8 Å². The Hall–Kier alpha value is -2.16. The summed E-state index contributed by atoms with van der Waals surface area (Å²) in [6, 6.07) is 4.27. The van der Waals surface area contributed by atoms with E-state index in [0.717, 1.165) is 0 Å². The first kappa shape index (κ1) is 24.0. The van der Waals surface area contributed by atoms with E-state index in [9.17, 15) is 30.4 Å². The van der Waals surface area contributed by atoms with Crippen LogP contribution in [0.4, 0.5) is 22.0 Å². The molecular formula is C19H21F5N2O6S. The van der Waals surface area contributed by atoms with Crippen LogP contribution in [0.3, 0.4) is 0 Å². The standard InChI is InChI=1S/C19H21F5N2O6S/c20-17(21)31-15-2-1-12(14-10-18(32-25-14)5-8-29-11-18)9-16(15)30-13-3-6-26(7-4-13)33(27,28)19(22,23)24/h1-2,9-10,13,17,25H,3-8,11H2. The number of hydrogen-bond donors (Lipinski definition) is 1. The molecule has 1 unspecified atom stereocenters. The molecule has 8 nitrogen and oxygen atoms in total. The average Bonchev–Trinajstić information content (AvgIpc) is 3.38. The Balaban J connectivity index is 1.50. The minimum Gasteiger partial charge on any atom is -0.486 e. The minimum atomic E-state index is -5.43. The Kier molecular flexibility index (Phi) is 6.46. The van der Waals surface area contributed by atoms with Crippen molar-refractivity contribution in [1.29, 1.82) is 0 Å². The number of piperidine rings is 1. The van der Waals surface area contributed by atoms with E-state index in [2.05, 4.69) is 10.2 Å². The number of alkyl halides is 5. The number of benzene rings is 1. The van der Waals surface area contributed by atoms with Crippen molar-refractivity contribution in [2.24, 2.45) is 0 Å². The smallest absolute Gasteiger partial charge is 0.486 e. The highest BCUT2D eigenvalue weighted by atomic mass is 32.2. The third-order valence-electron chi connectivity index (χ3n) is 5.59. The normalized spacial score (nSPS) is 24.8. The second-order valence-electron chi connectivity index (χ2n) is 7.84. The van der Waals surface area contributed by atoms with Crippen LogP contribution in [0, 0.1) is 0 Å². The first-order chi connectivity index (χ1) is 15.5. The summed E-state index contributed by atoms with van der Waals surface area (Å²) >= 11 is 0. The molecule has 33 heavy (non-hydrogen) atoms. The second-order valence-corrected chi connectivity index (χ2v) is 9.77. The molecule has 0 radical (unpaired) electrons. The molecule has 184 valence electrons. The number of hydroxylamine groups is 1. The predicted octanol–water partition coefficient (Wildman–Crippen LogP) is 3.02. The van der Waals surface area contributed by atoms with Crippen molar-refractivity contribution in [3.8, 4) is 11.5 Å². The van der Waals surface area contributed by atoms with E-state index < -0.39 is 46.9 Å². The summed E-state index contributed by atoms with van der Waals surface area (Å²) in [4.78, 5) is 5.61. The van der Waals surface area contributed by atoms with Crippen LogP contribution in [0.2, 0.25) is 0 Å². The Morgan fingerprint density at radius 1 is 1.18 bits per heavy atom. The van der Waals surface area contributed by atoms with Crippen molar-refractivity contribution < 1.29 is 49.4 Å². The van der Waals surface area contributed by atoms with E-state index in [1.54, 1.807) is 0 Å². The number of rotatable bonds is 6. The number of nitrogens with one attached hydrogen (secondary N) is 1. The number of halogens is 5. The molecule has 1 atom stereocenters. The molecular weight excluding hydrogens is 479 g/mol. The highest BCUT2D eigenvalue weighted by Gasteiger charge is 2.50. The van der Waals surface area contributed by atoms with Gasteiger partial charge < -0.3 is 14.2 Å². The van der Waals surface area contributed by atoms with Gasteiger partial charge in [-0.05, 0) is 37.1 Å². The van der Waals surface area contributed by atoms with Gasteiger partial charge in [0.25, 0.3) is 0 Å². The van der Waals surface area contributed by atoms with Crippen molar-refractivity contribution in [2.75, 3.05) is 26.3 Å². The molecule has 0 saturated carbocycles. The van der Waals surface area contributed by atoms with E-state index in [-0.39, 0.29) is 24.3 Å². The lowest BCUT2D eigenvalue weighted by Gasteiger charge is -2.32. The van der Waals surface area contributed by atoms with Gasteiger partial charge in [0.05, 0.1) is 12.3 Å². The molecule has 0 amide bonds. The molecule has 1 spiro atoms. The van der Waals surface area contributed by atoms with Crippen LogP contribution in [-0.4, -0.2) is 62.9 Å². The van der Waals surface area contributed by atoms with Crippen LogP contribution in [0.25, 0.3) is 5.70 Å². The fourth-order valence-corrected chi connectivity index (χ4v) is 4.84. The van der Waals surface area contributed by atoms with Crippen LogP contribution >= 0.6 is 0 Å². The van der Waals surface area contributed by atoms with Gasteiger partial charge in [0.2, 0.25) is 0 Å². The zero-order valence-electron chi connectivity index (χ0n) is 17.1. The molecule has 2 fully saturated rings. The molecule has 3 aliphatic heterocycles. The summed E-state index contributed by atoms with van der Waals surface area (Å²) < 4.78 is 103. The van der Waals surface area contributed by atoms with Gasteiger partial charge in [-0.25, -0.2) is 8.42 Å². The molecule has 14 heteroatoms. The van der Waals surface area contributed by atoms with Crippen LogP contribution in [-0.2, 0) is 19.6 Å². The fourth-order valence-electron chi connectivity index (χ4n) is 3.85. The van der Waals surface area contributed by atoms with Crippen LogP contribution in [0.5, 0.6) is 11.5 Å². The lowest BCUT2D eigenvalue weighted by atomic mass is 10.0. The quantitative estimate of drug-likeness (QED) is 0.601. The Morgan fingerprint density at radius 3 is 2.52 bits per heavy atom. The third-order valence-corrected chi connectivity index (χ3v) is 7.22. The zero-order chi connectivity index (χ0) is 23.9. The summed E-state index contributed by atoms with van der Waals surface area (Å²) in [7, 11) is -5.43. The average molecular weight is 500 g/mol. The minimum absolute atomic E-state index is 0.0451. The molecule has 3 aliphatic rings. The molecule has 1 N–H and O–H groups in total. The van der Waals surface area contributed by atoms with Crippen molar-refractivity contribution in [2.45, 2.75) is 43.1 Å². The number of sulfonamides is 1. The largest absolute Gasteiger partial charge is 0.511 e. The Labute approximate surface area is 186 Å². The van der Waals surface area contributed by atoms with Crippen LogP contribution in [0.15, 0.2) is 24.3 Å². The van der Waals surface area contributed by atoms with Crippen molar-refractivity contribution >= 4 is 15.7 Å².